The molecule has 0 spiro atoms. The molecule has 1 N–H and O–H groups in total. The normalized spacial score (nSPS) is 11.0. The quantitative estimate of drug-likeness (QED) is 0.717. The highest BCUT2D eigenvalue weighted by Gasteiger charge is 2.14. The van der Waals surface area contributed by atoms with E-state index in [1.165, 1.54) is 23.0 Å². The molecule has 0 radical (unpaired) electrons. The van der Waals surface area contributed by atoms with E-state index in [2.05, 4.69) is 26.2 Å². The average Bonchev–Trinajstić information content (AvgIpc) is 2.85. The third kappa shape index (κ3) is 3.48. The van der Waals surface area contributed by atoms with E-state index in [1.54, 1.807) is 19.9 Å². The summed E-state index contributed by atoms with van der Waals surface area (Å²) in [6.07, 6.45) is 1.36. The van der Waals surface area contributed by atoms with Gasteiger partial charge in [-0.15, -0.1) is 0 Å². The van der Waals surface area contributed by atoms with Crippen LogP contribution < -0.4 is 10.9 Å². The van der Waals surface area contributed by atoms with E-state index < -0.39 is 11.7 Å². The lowest BCUT2D eigenvalue weighted by Gasteiger charge is -2.08. The van der Waals surface area contributed by atoms with Crippen molar-refractivity contribution in [3.05, 3.63) is 56.5 Å². The van der Waals surface area contributed by atoms with E-state index >= 15 is 0 Å². The molecule has 0 fully saturated rings. The number of nitrogens with zero attached hydrogens (tertiary/aromatic N) is 2. The molecule has 3 aromatic rings. The first kappa shape index (κ1) is 17.3. The van der Waals surface area contributed by atoms with Crippen LogP contribution in [0.15, 0.2) is 38.2 Å². The molecule has 2 heterocycles. The summed E-state index contributed by atoms with van der Waals surface area (Å²) in [5.74, 6) is -0.290. The minimum absolute atomic E-state index is 0.0124. The highest BCUT2D eigenvalue weighted by Crippen LogP contribution is 2.20. The first-order valence-electron chi connectivity index (χ1n) is 7.57. The van der Waals surface area contributed by atoms with Gasteiger partial charge in [-0.25, -0.2) is 9.37 Å². The first-order chi connectivity index (χ1) is 11.9. The molecule has 6 nitrogen and oxygen atoms in total. The molecule has 1 amide bonds. The summed E-state index contributed by atoms with van der Waals surface area (Å²) >= 11 is 3.15. The number of fused-ring (bicyclic) bond motifs is 1. The molecule has 0 aliphatic carbocycles. The van der Waals surface area contributed by atoms with E-state index in [0.29, 0.717) is 15.6 Å². The second kappa shape index (κ2) is 6.79. The van der Waals surface area contributed by atoms with Crippen molar-refractivity contribution in [3.8, 4) is 0 Å². The summed E-state index contributed by atoms with van der Waals surface area (Å²) in [6, 6.07) is 4.36. The van der Waals surface area contributed by atoms with Crippen molar-refractivity contribution in [1.29, 1.82) is 0 Å². The molecule has 8 heteroatoms. The number of aromatic nitrogens is 2. The Bertz CT molecular complexity index is 1030. The van der Waals surface area contributed by atoms with Crippen LogP contribution >= 0.6 is 15.9 Å². The van der Waals surface area contributed by atoms with E-state index in [-0.39, 0.29) is 29.9 Å². The van der Waals surface area contributed by atoms with Gasteiger partial charge in [0.2, 0.25) is 11.6 Å². The van der Waals surface area contributed by atoms with Gasteiger partial charge in [0.15, 0.2) is 0 Å². The topological polar surface area (TPSA) is 77.1 Å². The fourth-order valence-corrected chi connectivity index (χ4v) is 2.79. The molecular formula is C17H15BrFN3O3. The molecule has 0 saturated heterocycles. The number of furan rings is 1. The predicted molar refractivity (Wildman–Crippen MR) is 95.1 cm³/mol. The van der Waals surface area contributed by atoms with Crippen LogP contribution in [0.1, 0.15) is 17.7 Å². The molecule has 0 aliphatic heterocycles. The standard InChI is InChI=1S/C17H15BrFN3O3/c1-9-10(2)25-16-15(9)17(24)22(8-20-16)6-5-14(23)21-13-4-3-11(18)7-12(13)19/h3-4,7-8H,5-6H2,1-2H3,(H,21,23). The van der Waals surface area contributed by atoms with Crippen LogP contribution in [0.25, 0.3) is 11.1 Å². The minimum Gasteiger partial charge on any atom is -0.443 e. The van der Waals surface area contributed by atoms with Gasteiger partial charge < -0.3 is 9.73 Å². The number of halogens is 2. The second-order valence-electron chi connectivity index (χ2n) is 5.63. The van der Waals surface area contributed by atoms with E-state index in [4.69, 9.17) is 4.42 Å². The lowest BCUT2D eigenvalue weighted by Crippen LogP contribution is -2.23. The molecule has 25 heavy (non-hydrogen) atoms. The number of aryl methyl sites for hydroxylation is 3. The van der Waals surface area contributed by atoms with Crippen molar-refractivity contribution in [2.45, 2.75) is 26.8 Å². The number of hydrogen-bond donors (Lipinski definition) is 1. The Balaban J connectivity index is 1.74. The number of hydrogen-bond acceptors (Lipinski definition) is 4. The molecular weight excluding hydrogens is 393 g/mol. The Morgan fingerprint density at radius 1 is 1.40 bits per heavy atom. The van der Waals surface area contributed by atoms with Gasteiger partial charge in [0.1, 0.15) is 23.3 Å². The number of nitrogens with one attached hydrogen (secondary N) is 1. The van der Waals surface area contributed by atoms with Crippen molar-refractivity contribution in [2.24, 2.45) is 0 Å². The van der Waals surface area contributed by atoms with Crippen molar-refractivity contribution >= 4 is 38.6 Å². The third-order valence-electron chi connectivity index (χ3n) is 3.94. The van der Waals surface area contributed by atoms with Crippen LogP contribution in [-0.2, 0) is 11.3 Å². The van der Waals surface area contributed by atoms with Crippen LogP contribution in [0.3, 0.4) is 0 Å². The summed E-state index contributed by atoms with van der Waals surface area (Å²) in [7, 11) is 0. The molecule has 0 bridgehead atoms. The van der Waals surface area contributed by atoms with Crippen LogP contribution in [0.4, 0.5) is 10.1 Å². The lowest BCUT2D eigenvalue weighted by molar-refractivity contribution is -0.116. The van der Waals surface area contributed by atoms with Gasteiger partial charge in [0, 0.05) is 23.0 Å². The monoisotopic (exact) mass is 407 g/mol. The minimum atomic E-state index is -0.535. The SMILES string of the molecule is Cc1oc2ncn(CCC(=O)Nc3ccc(Br)cc3F)c(=O)c2c1C. The smallest absolute Gasteiger partial charge is 0.264 e. The molecule has 0 atom stereocenters. The molecule has 0 saturated carbocycles. The van der Waals surface area contributed by atoms with Crippen LogP contribution in [-0.4, -0.2) is 15.5 Å². The lowest BCUT2D eigenvalue weighted by atomic mass is 10.2. The molecule has 0 unspecified atom stereocenters. The summed E-state index contributed by atoms with van der Waals surface area (Å²) in [4.78, 5) is 28.6. The summed E-state index contributed by atoms with van der Waals surface area (Å²) in [6.45, 7) is 3.69. The Morgan fingerprint density at radius 2 is 2.16 bits per heavy atom. The van der Waals surface area contributed by atoms with Gasteiger partial charge in [-0.05, 0) is 32.0 Å². The highest BCUT2D eigenvalue weighted by molar-refractivity contribution is 9.10. The predicted octanol–water partition coefficient (Wildman–Crippen LogP) is 3.54. The number of anilines is 1. The zero-order chi connectivity index (χ0) is 18.1. The van der Waals surface area contributed by atoms with Crippen molar-refractivity contribution < 1.29 is 13.6 Å². The van der Waals surface area contributed by atoms with Gasteiger partial charge >= 0.3 is 0 Å². The molecule has 2 aromatic heterocycles. The fraction of sp³-hybridized carbons (Fsp3) is 0.235. The van der Waals surface area contributed by atoms with Gasteiger partial charge in [-0.3, -0.25) is 14.2 Å². The summed E-state index contributed by atoms with van der Waals surface area (Å²) in [5, 5.41) is 2.91. The van der Waals surface area contributed by atoms with Crippen LogP contribution in [0.2, 0.25) is 0 Å². The maximum Gasteiger partial charge on any atom is 0.264 e. The Morgan fingerprint density at radius 3 is 2.88 bits per heavy atom. The van der Waals surface area contributed by atoms with Crippen molar-refractivity contribution in [2.75, 3.05) is 5.32 Å². The number of amides is 1. The zero-order valence-electron chi connectivity index (χ0n) is 13.6. The van der Waals surface area contributed by atoms with E-state index in [1.807, 2.05) is 0 Å². The first-order valence-corrected chi connectivity index (χ1v) is 8.36. The molecule has 130 valence electrons. The number of rotatable bonds is 4. The fourth-order valence-electron chi connectivity index (χ4n) is 2.45. The maximum absolute atomic E-state index is 13.7. The Labute approximate surface area is 150 Å². The van der Waals surface area contributed by atoms with Gasteiger partial charge in [0.05, 0.1) is 5.69 Å². The Kier molecular flexibility index (Phi) is 4.71. The zero-order valence-corrected chi connectivity index (χ0v) is 15.2. The van der Waals surface area contributed by atoms with Crippen molar-refractivity contribution in [3.63, 3.8) is 0 Å². The van der Waals surface area contributed by atoms with Gasteiger partial charge in [-0.1, -0.05) is 15.9 Å². The van der Waals surface area contributed by atoms with Crippen LogP contribution in [0.5, 0.6) is 0 Å². The number of benzene rings is 1. The third-order valence-corrected chi connectivity index (χ3v) is 4.43. The van der Waals surface area contributed by atoms with E-state index in [9.17, 15) is 14.0 Å². The summed E-state index contributed by atoms with van der Waals surface area (Å²) < 4.78 is 21.1. The maximum atomic E-state index is 13.7. The largest absolute Gasteiger partial charge is 0.443 e. The van der Waals surface area contributed by atoms with E-state index in [0.717, 1.165) is 5.56 Å². The molecule has 3 rings (SSSR count). The van der Waals surface area contributed by atoms with Gasteiger partial charge in [-0.2, -0.15) is 0 Å². The number of carbonyl (C=O) groups is 1. The summed E-state index contributed by atoms with van der Waals surface area (Å²) in [5.41, 5.74) is 0.860. The van der Waals surface area contributed by atoms with Crippen LogP contribution in [0, 0.1) is 19.7 Å². The van der Waals surface area contributed by atoms with Gasteiger partial charge in [0.25, 0.3) is 5.56 Å². The highest BCUT2D eigenvalue weighted by atomic mass is 79.9. The molecule has 0 aliphatic rings. The average molecular weight is 408 g/mol. The van der Waals surface area contributed by atoms with Crippen molar-refractivity contribution in [1.82, 2.24) is 9.55 Å². The molecule has 1 aromatic carbocycles. The second-order valence-corrected chi connectivity index (χ2v) is 6.54. The Hall–Kier alpha value is -2.48. The number of carbonyl (C=O) groups excluding carboxylic acids is 1.